The fourth-order valence-electron chi connectivity index (χ4n) is 2.14. The molecule has 114 valence electrons. The van der Waals surface area contributed by atoms with Crippen LogP contribution >= 0.6 is 11.3 Å². The molecule has 0 saturated heterocycles. The Hall–Kier alpha value is -1.17. The maximum atomic E-state index is 12.8. The van der Waals surface area contributed by atoms with E-state index in [0.29, 0.717) is 18.0 Å². The molecule has 2 rings (SSSR count). The van der Waals surface area contributed by atoms with E-state index in [0.717, 1.165) is 23.1 Å². The first-order valence-corrected chi connectivity index (χ1v) is 9.42. The van der Waals surface area contributed by atoms with Crippen LogP contribution < -0.4 is 0 Å². The molecular formula is C16H21NO2S2. The van der Waals surface area contributed by atoms with E-state index in [2.05, 4.69) is 0 Å². The van der Waals surface area contributed by atoms with Crippen molar-refractivity contribution in [3.63, 3.8) is 0 Å². The molecule has 21 heavy (non-hydrogen) atoms. The highest BCUT2D eigenvalue weighted by Crippen LogP contribution is 2.22. The SMILES string of the molecule is CCCN(Cc1ccsc1)S(=O)(=O)c1ccc(C)c(C)c1. The molecule has 0 fully saturated rings. The van der Waals surface area contributed by atoms with Gasteiger partial charge in [0.2, 0.25) is 10.0 Å². The minimum Gasteiger partial charge on any atom is -0.207 e. The molecule has 0 unspecified atom stereocenters. The summed E-state index contributed by atoms with van der Waals surface area (Å²) in [5, 5.41) is 3.97. The quantitative estimate of drug-likeness (QED) is 0.807. The van der Waals surface area contributed by atoms with Crippen molar-refractivity contribution in [2.24, 2.45) is 0 Å². The Kier molecular flexibility index (Phi) is 5.19. The van der Waals surface area contributed by atoms with Crippen molar-refractivity contribution < 1.29 is 8.42 Å². The van der Waals surface area contributed by atoms with Crippen LogP contribution in [0.5, 0.6) is 0 Å². The molecule has 0 aliphatic rings. The molecule has 0 amide bonds. The Morgan fingerprint density at radius 1 is 1.14 bits per heavy atom. The van der Waals surface area contributed by atoms with E-state index in [1.165, 1.54) is 0 Å². The van der Waals surface area contributed by atoms with Crippen LogP contribution in [0.15, 0.2) is 39.9 Å². The predicted molar refractivity (Wildman–Crippen MR) is 88.1 cm³/mol. The summed E-state index contributed by atoms with van der Waals surface area (Å²) >= 11 is 1.59. The van der Waals surface area contributed by atoms with E-state index in [1.54, 1.807) is 27.8 Å². The second-order valence-electron chi connectivity index (χ2n) is 5.22. The molecule has 1 aromatic heterocycles. The fourth-order valence-corrected chi connectivity index (χ4v) is 4.41. The van der Waals surface area contributed by atoms with Crippen LogP contribution in [0.4, 0.5) is 0 Å². The second kappa shape index (κ2) is 6.73. The zero-order valence-electron chi connectivity index (χ0n) is 12.7. The first-order chi connectivity index (χ1) is 9.95. The average Bonchev–Trinajstić information content (AvgIpc) is 2.94. The zero-order chi connectivity index (χ0) is 15.5. The Labute approximate surface area is 131 Å². The molecule has 0 bridgehead atoms. The zero-order valence-corrected chi connectivity index (χ0v) is 14.3. The third-order valence-corrected chi connectivity index (χ3v) is 6.10. The Balaban J connectivity index is 2.34. The van der Waals surface area contributed by atoms with Gasteiger partial charge in [0, 0.05) is 13.1 Å². The van der Waals surface area contributed by atoms with Gasteiger partial charge in [-0.2, -0.15) is 15.6 Å². The molecule has 0 atom stereocenters. The normalized spacial score (nSPS) is 12.0. The van der Waals surface area contributed by atoms with Crippen LogP contribution in [0.3, 0.4) is 0 Å². The van der Waals surface area contributed by atoms with Crippen LogP contribution in [0.2, 0.25) is 0 Å². The lowest BCUT2D eigenvalue weighted by Crippen LogP contribution is -2.31. The lowest BCUT2D eigenvalue weighted by atomic mass is 10.1. The molecule has 3 nitrogen and oxygen atoms in total. The van der Waals surface area contributed by atoms with Crippen LogP contribution in [0, 0.1) is 13.8 Å². The van der Waals surface area contributed by atoms with Gasteiger partial charge in [-0.1, -0.05) is 13.0 Å². The van der Waals surface area contributed by atoms with Crippen LogP contribution in [0.25, 0.3) is 0 Å². The molecular weight excluding hydrogens is 302 g/mol. The van der Waals surface area contributed by atoms with E-state index in [1.807, 2.05) is 43.7 Å². The average molecular weight is 323 g/mol. The summed E-state index contributed by atoms with van der Waals surface area (Å²) in [5.41, 5.74) is 3.15. The van der Waals surface area contributed by atoms with Crippen LogP contribution in [-0.2, 0) is 16.6 Å². The van der Waals surface area contributed by atoms with Crippen molar-refractivity contribution >= 4 is 21.4 Å². The first-order valence-electron chi connectivity index (χ1n) is 7.03. The topological polar surface area (TPSA) is 37.4 Å². The van der Waals surface area contributed by atoms with Gasteiger partial charge < -0.3 is 0 Å². The summed E-state index contributed by atoms with van der Waals surface area (Å²) in [7, 11) is -3.44. The number of hydrogen-bond donors (Lipinski definition) is 0. The smallest absolute Gasteiger partial charge is 0.207 e. The number of thiophene rings is 1. The number of benzene rings is 1. The van der Waals surface area contributed by atoms with Gasteiger partial charge in [0.15, 0.2) is 0 Å². The highest BCUT2D eigenvalue weighted by atomic mass is 32.2. The monoisotopic (exact) mass is 323 g/mol. The second-order valence-corrected chi connectivity index (χ2v) is 7.93. The highest BCUT2D eigenvalue weighted by Gasteiger charge is 2.24. The first kappa shape index (κ1) is 16.2. The summed E-state index contributed by atoms with van der Waals surface area (Å²) in [6, 6.07) is 7.31. The van der Waals surface area contributed by atoms with Crippen molar-refractivity contribution in [3.8, 4) is 0 Å². The molecule has 0 saturated carbocycles. The van der Waals surface area contributed by atoms with Crippen molar-refractivity contribution in [1.82, 2.24) is 4.31 Å². The molecule has 2 aromatic rings. The van der Waals surface area contributed by atoms with Crippen molar-refractivity contribution in [2.45, 2.75) is 38.6 Å². The number of sulfonamides is 1. The lowest BCUT2D eigenvalue weighted by Gasteiger charge is -2.21. The maximum Gasteiger partial charge on any atom is 0.243 e. The number of nitrogens with zero attached hydrogens (tertiary/aromatic N) is 1. The van der Waals surface area contributed by atoms with Crippen molar-refractivity contribution in [2.75, 3.05) is 6.54 Å². The Morgan fingerprint density at radius 3 is 2.48 bits per heavy atom. The number of rotatable bonds is 6. The van der Waals surface area contributed by atoms with Gasteiger partial charge in [-0.25, -0.2) is 8.42 Å². The van der Waals surface area contributed by atoms with Crippen molar-refractivity contribution in [3.05, 3.63) is 51.7 Å². The largest absolute Gasteiger partial charge is 0.243 e. The summed E-state index contributed by atoms with van der Waals surface area (Å²) < 4.78 is 27.3. The lowest BCUT2D eigenvalue weighted by molar-refractivity contribution is 0.406. The molecule has 0 aliphatic heterocycles. The molecule has 5 heteroatoms. The summed E-state index contributed by atoms with van der Waals surface area (Å²) in [4.78, 5) is 0.384. The molecule has 0 aliphatic carbocycles. The number of hydrogen-bond acceptors (Lipinski definition) is 3. The maximum absolute atomic E-state index is 12.8. The summed E-state index contributed by atoms with van der Waals surface area (Å²) in [5.74, 6) is 0. The van der Waals surface area contributed by atoms with Gasteiger partial charge in [0.25, 0.3) is 0 Å². The molecule has 0 spiro atoms. The summed E-state index contributed by atoms with van der Waals surface area (Å²) in [6.45, 7) is 6.90. The van der Waals surface area contributed by atoms with Crippen LogP contribution in [-0.4, -0.2) is 19.3 Å². The van der Waals surface area contributed by atoms with Gasteiger partial charge >= 0.3 is 0 Å². The fraction of sp³-hybridized carbons (Fsp3) is 0.375. The minimum atomic E-state index is -3.44. The van der Waals surface area contributed by atoms with Gasteiger partial charge in [0.1, 0.15) is 0 Å². The van der Waals surface area contributed by atoms with Gasteiger partial charge in [-0.15, -0.1) is 0 Å². The summed E-state index contributed by atoms with van der Waals surface area (Å²) in [6.07, 6.45) is 0.800. The molecule has 0 N–H and O–H groups in total. The van der Waals surface area contributed by atoms with Gasteiger partial charge in [0.05, 0.1) is 4.90 Å². The van der Waals surface area contributed by atoms with Gasteiger partial charge in [-0.05, 0) is 65.9 Å². The van der Waals surface area contributed by atoms with Crippen molar-refractivity contribution in [1.29, 1.82) is 0 Å². The third-order valence-electron chi connectivity index (χ3n) is 3.53. The van der Waals surface area contributed by atoms with E-state index >= 15 is 0 Å². The Morgan fingerprint density at radius 2 is 1.90 bits per heavy atom. The van der Waals surface area contributed by atoms with E-state index < -0.39 is 10.0 Å². The molecule has 0 radical (unpaired) electrons. The van der Waals surface area contributed by atoms with E-state index in [-0.39, 0.29) is 0 Å². The molecule has 1 heterocycles. The highest BCUT2D eigenvalue weighted by molar-refractivity contribution is 7.89. The minimum absolute atomic E-state index is 0.384. The standard InChI is InChI=1S/C16H21NO2S2/c1-4-8-17(11-15-7-9-20-12-15)21(18,19)16-6-5-13(2)14(3)10-16/h5-7,9-10,12H,4,8,11H2,1-3H3. The predicted octanol–water partition coefficient (Wildman–Crippen LogP) is 3.97. The van der Waals surface area contributed by atoms with Gasteiger partial charge in [-0.3, -0.25) is 0 Å². The van der Waals surface area contributed by atoms with E-state index in [9.17, 15) is 8.42 Å². The number of aryl methyl sites for hydroxylation is 2. The van der Waals surface area contributed by atoms with Crippen LogP contribution in [0.1, 0.15) is 30.0 Å². The molecule has 1 aromatic carbocycles. The third kappa shape index (κ3) is 3.73. The van der Waals surface area contributed by atoms with E-state index in [4.69, 9.17) is 0 Å². The Bertz CT molecular complexity index is 691.